The normalized spacial score (nSPS) is 18.2. The number of ketones is 1. The Bertz CT molecular complexity index is 928. The Kier molecular flexibility index (Phi) is 5.99. The predicted molar refractivity (Wildman–Crippen MR) is 111 cm³/mol. The van der Waals surface area contributed by atoms with Gasteiger partial charge in [0, 0.05) is 25.1 Å². The van der Waals surface area contributed by atoms with Gasteiger partial charge in [-0.1, -0.05) is 0 Å². The van der Waals surface area contributed by atoms with E-state index in [0.717, 1.165) is 31.5 Å². The molecule has 4 rings (SSSR count). The number of ether oxygens (including phenoxy) is 5. The van der Waals surface area contributed by atoms with Gasteiger partial charge in [0.05, 0.1) is 26.9 Å². The van der Waals surface area contributed by atoms with E-state index in [-0.39, 0.29) is 18.5 Å². The second-order valence-electron chi connectivity index (χ2n) is 7.54. The van der Waals surface area contributed by atoms with Crippen LogP contribution in [0.4, 0.5) is 0 Å². The van der Waals surface area contributed by atoms with Crippen LogP contribution in [0, 0.1) is 5.92 Å². The van der Waals surface area contributed by atoms with Crippen LogP contribution in [0.5, 0.6) is 28.7 Å². The Morgan fingerprint density at radius 2 is 1.90 bits per heavy atom. The molecule has 1 atom stereocenters. The molecule has 2 aromatic carbocycles. The van der Waals surface area contributed by atoms with Gasteiger partial charge in [0.15, 0.2) is 17.3 Å². The molecule has 0 saturated carbocycles. The van der Waals surface area contributed by atoms with Crippen molar-refractivity contribution < 1.29 is 28.5 Å². The van der Waals surface area contributed by atoms with Gasteiger partial charge in [-0.3, -0.25) is 9.69 Å². The smallest absolute Gasteiger partial charge is 0.231 e. The zero-order valence-corrected chi connectivity index (χ0v) is 17.6. The highest BCUT2D eigenvalue weighted by Crippen LogP contribution is 2.42. The summed E-state index contributed by atoms with van der Waals surface area (Å²) in [5, 5.41) is 0. The van der Waals surface area contributed by atoms with E-state index in [1.165, 1.54) is 0 Å². The number of hydrogen-bond donors (Lipinski definition) is 0. The summed E-state index contributed by atoms with van der Waals surface area (Å²) in [6, 6.07) is 9.32. The Morgan fingerprint density at radius 3 is 2.67 bits per heavy atom. The highest BCUT2D eigenvalue weighted by molar-refractivity contribution is 6.00. The third kappa shape index (κ3) is 4.03. The van der Waals surface area contributed by atoms with Crippen LogP contribution < -0.4 is 23.7 Å². The molecular formula is C23H27NO6. The largest absolute Gasteiger partial charge is 0.497 e. The van der Waals surface area contributed by atoms with E-state index in [9.17, 15) is 4.79 Å². The molecule has 2 aromatic rings. The molecule has 2 aliphatic rings. The van der Waals surface area contributed by atoms with Crippen molar-refractivity contribution in [2.75, 3.05) is 41.2 Å². The topological polar surface area (TPSA) is 66.5 Å². The summed E-state index contributed by atoms with van der Waals surface area (Å²) < 4.78 is 27.1. The fourth-order valence-electron chi connectivity index (χ4n) is 4.17. The van der Waals surface area contributed by atoms with Crippen molar-refractivity contribution in [3.63, 3.8) is 0 Å². The molecular weight excluding hydrogens is 386 g/mol. The van der Waals surface area contributed by atoms with Crippen molar-refractivity contribution in [1.82, 2.24) is 4.90 Å². The molecule has 2 heterocycles. The molecule has 2 aliphatic heterocycles. The molecule has 30 heavy (non-hydrogen) atoms. The fraction of sp³-hybridized carbons (Fsp3) is 0.435. The van der Waals surface area contributed by atoms with Gasteiger partial charge in [0.25, 0.3) is 0 Å². The zero-order chi connectivity index (χ0) is 21.1. The number of likely N-dealkylation sites (tertiary alicyclic amines) is 1. The van der Waals surface area contributed by atoms with E-state index >= 15 is 0 Å². The summed E-state index contributed by atoms with van der Waals surface area (Å²) in [5.74, 6) is 3.30. The number of Topliss-reactive ketones (excluding diaryl/α,β-unsaturated/α-hetero) is 1. The number of nitrogens with zero attached hydrogens (tertiary/aromatic N) is 1. The van der Waals surface area contributed by atoms with E-state index in [1.54, 1.807) is 39.5 Å². The molecule has 0 amide bonds. The molecule has 0 radical (unpaired) electrons. The minimum Gasteiger partial charge on any atom is -0.497 e. The minimum atomic E-state index is -0.0723. The van der Waals surface area contributed by atoms with Crippen molar-refractivity contribution in [2.45, 2.75) is 19.4 Å². The first-order valence-corrected chi connectivity index (χ1v) is 10.1. The van der Waals surface area contributed by atoms with Crippen LogP contribution in [0.1, 0.15) is 28.8 Å². The van der Waals surface area contributed by atoms with Crippen LogP contribution >= 0.6 is 0 Å². The van der Waals surface area contributed by atoms with E-state index < -0.39 is 0 Å². The highest BCUT2D eigenvalue weighted by Gasteiger charge is 2.29. The molecule has 0 bridgehead atoms. The number of piperidine rings is 1. The summed E-state index contributed by atoms with van der Waals surface area (Å²) in [6.07, 6.45) is 1.84. The molecule has 1 unspecified atom stereocenters. The van der Waals surface area contributed by atoms with E-state index in [2.05, 4.69) is 4.90 Å². The molecule has 7 heteroatoms. The number of carbonyl (C=O) groups excluding carboxylic acids is 1. The maximum atomic E-state index is 13.2. The Hall–Kier alpha value is -2.93. The molecule has 160 valence electrons. The number of carbonyl (C=O) groups is 1. The number of rotatable bonds is 7. The van der Waals surface area contributed by atoms with Gasteiger partial charge < -0.3 is 23.7 Å². The average Bonchev–Trinajstić information content (AvgIpc) is 3.26. The second-order valence-corrected chi connectivity index (χ2v) is 7.54. The third-order valence-electron chi connectivity index (χ3n) is 5.67. The SMILES string of the molecule is COc1ccc(C(=O)C2CCCN(Cc3cc(OC)c4c(c3)OCO4)C2)c(OC)c1. The quantitative estimate of drug-likeness (QED) is 0.643. The molecule has 1 saturated heterocycles. The number of hydrogen-bond acceptors (Lipinski definition) is 7. The van der Waals surface area contributed by atoms with Gasteiger partial charge in [0.1, 0.15) is 11.5 Å². The first kappa shape index (κ1) is 20.3. The molecule has 0 spiro atoms. The van der Waals surface area contributed by atoms with Crippen LogP contribution in [0.25, 0.3) is 0 Å². The Morgan fingerprint density at radius 1 is 1.07 bits per heavy atom. The Labute approximate surface area is 176 Å². The fourth-order valence-corrected chi connectivity index (χ4v) is 4.17. The molecule has 0 aromatic heterocycles. The molecule has 1 fully saturated rings. The lowest BCUT2D eigenvalue weighted by Crippen LogP contribution is -2.38. The van der Waals surface area contributed by atoms with Crippen LogP contribution in [-0.4, -0.2) is 51.9 Å². The number of methoxy groups -OCH3 is 3. The zero-order valence-electron chi connectivity index (χ0n) is 17.6. The number of fused-ring (bicyclic) bond motifs is 1. The Balaban J connectivity index is 1.48. The van der Waals surface area contributed by atoms with Gasteiger partial charge in [-0.05, 0) is 49.2 Å². The van der Waals surface area contributed by atoms with Crippen LogP contribution in [-0.2, 0) is 6.54 Å². The van der Waals surface area contributed by atoms with Crippen LogP contribution in [0.15, 0.2) is 30.3 Å². The van der Waals surface area contributed by atoms with Crippen molar-refractivity contribution in [3.05, 3.63) is 41.5 Å². The molecule has 0 N–H and O–H groups in total. The van der Waals surface area contributed by atoms with Gasteiger partial charge in [-0.25, -0.2) is 0 Å². The number of benzene rings is 2. The lowest BCUT2D eigenvalue weighted by Gasteiger charge is -2.32. The summed E-state index contributed by atoms with van der Waals surface area (Å²) in [6.45, 7) is 2.57. The maximum Gasteiger partial charge on any atom is 0.231 e. The van der Waals surface area contributed by atoms with Crippen molar-refractivity contribution in [2.24, 2.45) is 5.92 Å². The predicted octanol–water partition coefficient (Wildman–Crippen LogP) is 3.54. The summed E-state index contributed by atoms with van der Waals surface area (Å²) in [7, 11) is 4.80. The maximum absolute atomic E-state index is 13.2. The van der Waals surface area contributed by atoms with Crippen LogP contribution in [0.3, 0.4) is 0 Å². The van der Waals surface area contributed by atoms with Crippen LogP contribution in [0.2, 0.25) is 0 Å². The van der Waals surface area contributed by atoms with E-state index in [1.807, 2.05) is 12.1 Å². The van der Waals surface area contributed by atoms with Gasteiger partial charge in [0.2, 0.25) is 12.5 Å². The average molecular weight is 413 g/mol. The van der Waals surface area contributed by atoms with Gasteiger partial charge in [-0.15, -0.1) is 0 Å². The monoisotopic (exact) mass is 413 g/mol. The summed E-state index contributed by atoms with van der Waals surface area (Å²) in [4.78, 5) is 15.5. The van der Waals surface area contributed by atoms with Gasteiger partial charge in [-0.2, -0.15) is 0 Å². The standard InChI is InChI=1S/C23H27NO6/c1-26-17-6-7-18(19(11-17)27-2)22(25)16-5-4-8-24(13-16)12-15-9-20(28-3)23-21(10-15)29-14-30-23/h6-7,9-11,16H,4-5,8,12-14H2,1-3H3. The third-order valence-corrected chi connectivity index (χ3v) is 5.67. The van der Waals surface area contributed by atoms with E-state index in [0.29, 0.717) is 40.9 Å². The van der Waals surface area contributed by atoms with Crippen molar-refractivity contribution >= 4 is 5.78 Å². The second kappa shape index (κ2) is 8.83. The first-order valence-electron chi connectivity index (χ1n) is 10.1. The van der Waals surface area contributed by atoms with Gasteiger partial charge >= 0.3 is 0 Å². The van der Waals surface area contributed by atoms with Crippen molar-refractivity contribution in [1.29, 1.82) is 0 Å². The molecule has 7 nitrogen and oxygen atoms in total. The highest BCUT2D eigenvalue weighted by atomic mass is 16.7. The van der Waals surface area contributed by atoms with E-state index in [4.69, 9.17) is 23.7 Å². The summed E-state index contributed by atoms with van der Waals surface area (Å²) in [5.41, 5.74) is 1.68. The minimum absolute atomic E-state index is 0.0723. The first-order chi connectivity index (χ1) is 14.6. The lowest BCUT2D eigenvalue weighted by molar-refractivity contribution is 0.0808. The molecule has 0 aliphatic carbocycles. The van der Waals surface area contributed by atoms with Crippen molar-refractivity contribution in [3.8, 4) is 28.7 Å². The lowest BCUT2D eigenvalue weighted by atomic mass is 9.89. The summed E-state index contributed by atoms with van der Waals surface area (Å²) >= 11 is 0.